The molecule has 1 atom stereocenters. The summed E-state index contributed by atoms with van der Waals surface area (Å²) in [5.41, 5.74) is 2.52. The summed E-state index contributed by atoms with van der Waals surface area (Å²) < 4.78 is 0. The van der Waals surface area contributed by atoms with Crippen LogP contribution in [-0.4, -0.2) is 35.7 Å². The van der Waals surface area contributed by atoms with E-state index >= 15 is 0 Å². The second-order valence-corrected chi connectivity index (χ2v) is 8.75. The molecule has 3 aromatic carbocycles. The normalized spacial score (nSPS) is 15.2. The SMILES string of the molecule is CN1C(=O)C(NC(=O)CCc2ccc(Cl)cc2Cl)N=C(c2ccccc2)c2cc([N+](=O)[O-])ccc21. The molecule has 1 aliphatic heterocycles. The second-order valence-electron chi connectivity index (χ2n) is 7.91. The minimum Gasteiger partial charge on any atom is -0.327 e. The smallest absolute Gasteiger partial charge is 0.272 e. The maximum atomic E-state index is 13.2. The average Bonchev–Trinajstić information content (AvgIpc) is 2.94. The molecule has 0 saturated heterocycles. The number of hydrogen-bond donors (Lipinski definition) is 1. The number of likely N-dealkylation sites (N-methyl/N-ethyl adjacent to an activating group) is 1. The van der Waals surface area contributed by atoms with Crippen molar-refractivity contribution < 1.29 is 14.5 Å². The quantitative estimate of drug-likeness (QED) is 0.380. The van der Waals surface area contributed by atoms with Gasteiger partial charge in [0.2, 0.25) is 12.1 Å². The number of nitro groups is 1. The molecule has 0 spiro atoms. The van der Waals surface area contributed by atoms with Crippen LogP contribution in [0.15, 0.2) is 71.7 Å². The van der Waals surface area contributed by atoms with Gasteiger partial charge in [0.1, 0.15) is 0 Å². The molecule has 3 aromatic rings. The number of benzodiazepines with no additional fused rings is 1. The molecule has 1 N–H and O–H groups in total. The molecule has 0 bridgehead atoms. The Labute approximate surface area is 211 Å². The van der Waals surface area contributed by atoms with Gasteiger partial charge in [0, 0.05) is 46.8 Å². The summed E-state index contributed by atoms with van der Waals surface area (Å²) in [6, 6.07) is 18.3. The van der Waals surface area contributed by atoms with Crippen LogP contribution in [0.25, 0.3) is 0 Å². The van der Waals surface area contributed by atoms with E-state index in [1.54, 1.807) is 49.5 Å². The Morgan fingerprint density at radius 1 is 1.11 bits per heavy atom. The zero-order chi connectivity index (χ0) is 25.1. The molecule has 0 radical (unpaired) electrons. The van der Waals surface area contributed by atoms with Gasteiger partial charge in [-0.3, -0.25) is 19.7 Å². The Morgan fingerprint density at radius 3 is 2.54 bits per heavy atom. The van der Waals surface area contributed by atoms with Crippen molar-refractivity contribution >= 4 is 52.1 Å². The molecular weight excluding hydrogens is 491 g/mol. The molecule has 0 aromatic heterocycles. The molecule has 8 nitrogen and oxygen atoms in total. The van der Waals surface area contributed by atoms with Crippen molar-refractivity contribution in [3.05, 3.63) is 104 Å². The first kappa shape index (κ1) is 24.4. The van der Waals surface area contributed by atoms with Crippen molar-refractivity contribution in [1.29, 1.82) is 0 Å². The lowest BCUT2D eigenvalue weighted by Crippen LogP contribution is -2.46. The van der Waals surface area contributed by atoms with Crippen LogP contribution >= 0.6 is 23.2 Å². The maximum Gasteiger partial charge on any atom is 0.272 e. The van der Waals surface area contributed by atoms with Gasteiger partial charge in [-0.15, -0.1) is 0 Å². The summed E-state index contributed by atoms with van der Waals surface area (Å²) in [6.45, 7) is 0. The Bertz CT molecular complexity index is 1340. The number of aliphatic imine (C=N–C) groups is 1. The molecule has 4 rings (SSSR count). The van der Waals surface area contributed by atoms with E-state index in [4.69, 9.17) is 23.2 Å². The summed E-state index contributed by atoms with van der Waals surface area (Å²) in [7, 11) is 1.54. The van der Waals surface area contributed by atoms with Crippen LogP contribution in [-0.2, 0) is 16.0 Å². The number of amides is 2. The number of halogens is 2. The number of nitrogens with zero attached hydrogens (tertiary/aromatic N) is 3. The number of carbonyl (C=O) groups is 2. The minimum atomic E-state index is -1.21. The molecular formula is C25H20Cl2N4O4. The predicted molar refractivity (Wildman–Crippen MR) is 135 cm³/mol. The van der Waals surface area contributed by atoms with Crippen LogP contribution in [0.1, 0.15) is 23.1 Å². The van der Waals surface area contributed by atoms with Crippen molar-refractivity contribution in [3.8, 4) is 0 Å². The number of rotatable bonds is 6. The number of carbonyl (C=O) groups excluding carboxylic acids is 2. The van der Waals surface area contributed by atoms with Crippen molar-refractivity contribution in [2.24, 2.45) is 4.99 Å². The zero-order valence-electron chi connectivity index (χ0n) is 18.6. The molecule has 0 fully saturated rings. The fourth-order valence-electron chi connectivity index (χ4n) is 3.79. The van der Waals surface area contributed by atoms with E-state index in [0.29, 0.717) is 39.0 Å². The Kier molecular flexibility index (Phi) is 7.14. The van der Waals surface area contributed by atoms with Gasteiger partial charge in [0.25, 0.3) is 11.6 Å². The van der Waals surface area contributed by atoms with Crippen molar-refractivity contribution in [3.63, 3.8) is 0 Å². The van der Waals surface area contributed by atoms with Gasteiger partial charge in [0.05, 0.1) is 16.3 Å². The molecule has 0 aliphatic carbocycles. The number of anilines is 1. The highest BCUT2D eigenvalue weighted by molar-refractivity contribution is 6.35. The van der Waals surface area contributed by atoms with E-state index in [-0.39, 0.29) is 12.1 Å². The van der Waals surface area contributed by atoms with Gasteiger partial charge >= 0.3 is 0 Å². The number of non-ortho nitro benzene ring substituents is 1. The van der Waals surface area contributed by atoms with Crippen molar-refractivity contribution in [1.82, 2.24) is 5.32 Å². The lowest BCUT2D eigenvalue weighted by molar-refractivity contribution is -0.384. The predicted octanol–water partition coefficient (Wildman–Crippen LogP) is 4.79. The maximum absolute atomic E-state index is 13.2. The average molecular weight is 511 g/mol. The van der Waals surface area contributed by atoms with E-state index in [1.165, 1.54) is 23.1 Å². The van der Waals surface area contributed by atoms with Crippen LogP contribution in [0.4, 0.5) is 11.4 Å². The number of nitrogens with one attached hydrogen (secondary N) is 1. The topological polar surface area (TPSA) is 105 Å². The van der Waals surface area contributed by atoms with Crippen LogP contribution in [0, 0.1) is 10.1 Å². The third-order valence-corrected chi connectivity index (χ3v) is 6.20. The molecule has 10 heteroatoms. The van der Waals surface area contributed by atoms with Crippen molar-refractivity contribution in [2.75, 3.05) is 11.9 Å². The lowest BCUT2D eigenvalue weighted by Gasteiger charge is -2.21. The number of hydrogen-bond acceptors (Lipinski definition) is 5. The zero-order valence-corrected chi connectivity index (χ0v) is 20.1. The largest absolute Gasteiger partial charge is 0.327 e. The summed E-state index contributed by atoms with van der Waals surface area (Å²) in [5.74, 6) is -0.861. The van der Waals surface area contributed by atoms with Crippen LogP contribution in [0.2, 0.25) is 10.0 Å². The van der Waals surface area contributed by atoms with Crippen LogP contribution in [0.5, 0.6) is 0 Å². The molecule has 1 heterocycles. The molecule has 178 valence electrons. The molecule has 2 amide bonds. The van der Waals surface area contributed by atoms with Gasteiger partial charge in [-0.05, 0) is 30.2 Å². The Hall–Kier alpha value is -3.75. The first-order chi connectivity index (χ1) is 16.7. The van der Waals surface area contributed by atoms with Gasteiger partial charge in [0.15, 0.2) is 0 Å². The Morgan fingerprint density at radius 2 is 1.86 bits per heavy atom. The summed E-state index contributed by atoms with van der Waals surface area (Å²) in [6.07, 6.45) is -0.793. The molecule has 1 aliphatic rings. The molecule has 0 saturated carbocycles. The standard InChI is InChI=1S/C25H20Cl2N4O4/c1-30-21-11-10-18(31(34)35)14-19(21)23(16-5-3-2-4-6-16)29-24(25(30)33)28-22(32)12-8-15-7-9-17(26)13-20(15)27/h2-7,9-11,13-14,24H,8,12H2,1H3,(H,28,32). The fraction of sp³-hybridized carbons (Fsp3) is 0.160. The van der Waals surface area contributed by atoms with Crippen LogP contribution < -0.4 is 10.2 Å². The third kappa shape index (κ3) is 5.34. The van der Waals surface area contributed by atoms with E-state index in [0.717, 1.165) is 5.56 Å². The van der Waals surface area contributed by atoms with E-state index in [2.05, 4.69) is 10.3 Å². The van der Waals surface area contributed by atoms with E-state index < -0.39 is 22.9 Å². The molecule has 1 unspecified atom stereocenters. The van der Waals surface area contributed by atoms with Gasteiger partial charge in [-0.2, -0.15) is 0 Å². The summed E-state index contributed by atoms with van der Waals surface area (Å²) >= 11 is 12.1. The fourth-order valence-corrected chi connectivity index (χ4v) is 4.30. The summed E-state index contributed by atoms with van der Waals surface area (Å²) in [5, 5.41) is 15.1. The minimum absolute atomic E-state index is 0.0729. The van der Waals surface area contributed by atoms with Gasteiger partial charge in [-0.1, -0.05) is 59.6 Å². The first-order valence-electron chi connectivity index (χ1n) is 10.7. The highest BCUT2D eigenvalue weighted by Crippen LogP contribution is 2.30. The van der Waals surface area contributed by atoms with E-state index in [9.17, 15) is 19.7 Å². The van der Waals surface area contributed by atoms with E-state index in [1.807, 2.05) is 6.07 Å². The number of benzene rings is 3. The number of nitro benzene ring substituents is 1. The number of fused-ring (bicyclic) bond motifs is 1. The van der Waals surface area contributed by atoms with Crippen LogP contribution in [0.3, 0.4) is 0 Å². The highest BCUT2D eigenvalue weighted by Gasteiger charge is 2.32. The molecule has 35 heavy (non-hydrogen) atoms. The monoisotopic (exact) mass is 510 g/mol. The van der Waals surface area contributed by atoms with Gasteiger partial charge < -0.3 is 10.2 Å². The second kappa shape index (κ2) is 10.2. The van der Waals surface area contributed by atoms with Crippen molar-refractivity contribution in [2.45, 2.75) is 19.0 Å². The first-order valence-corrected chi connectivity index (χ1v) is 11.4. The summed E-state index contributed by atoms with van der Waals surface area (Å²) in [4.78, 5) is 42.8. The van der Waals surface area contributed by atoms with Gasteiger partial charge in [-0.25, -0.2) is 4.99 Å². The lowest BCUT2D eigenvalue weighted by atomic mass is 9.99. The number of aryl methyl sites for hydroxylation is 1. The Balaban J connectivity index is 1.66. The highest BCUT2D eigenvalue weighted by atomic mass is 35.5. The third-order valence-electron chi connectivity index (χ3n) is 5.61.